The lowest BCUT2D eigenvalue weighted by molar-refractivity contribution is -0.379. The van der Waals surface area contributed by atoms with Crippen LogP contribution in [0.1, 0.15) is 67.7 Å². The van der Waals surface area contributed by atoms with Gasteiger partial charge in [-0.3, -0.25) is 24.0 Å². The Morgan fingerprint density at radius 3 is 2.36 bits per heavy atom. The number of Topliss-reactive ketones (excluding diaryl/α,β-unsaturated/α-hetero) is 4. The molecule has 1 saturated carbocycles. The number of carbonyl (C=O) groups excluding carboxylic acids is 6. The second-order valence-corrected chi connectivity index (χ2v) is 18.9. The van der Waals surface area contributed by atoms with Crippen molar-refractivity contribution in [2.45, 2.75) is 110 Å². The minimum absolute atomic E-state index is 0.00863. The van der Waals surface area contributed by atoms with Crippen LogP contribution in [0, 0.1) is 57.2 Å². The van der Waals surface area contributed by atoms with Crippen molar-refractivity contribution in [3.63, 3.8) is 0 Å². The highest BCUT2D eigenvalue weighted by Gasteiger charge is 3.05. The Hall–Kier alpha value is -3.82. The summed E-state index contributed by atoms with van der Waals surface area (Å²) in [5.74, 6) is -14.8. The Labute approximate surface area is 322 Å². The van der Waals surface area contributed by atoms with Gasteiger partial charge in [-0.25, -0.2) is 4.79 Å². The normalized spacial score (nSPS) is 53.3. The van der Waals surface area contributed by atoms with Crippen LogP contribution in [0.2, 0.25) is 0 Å². The minimum atomic E-state index is -3.39. The van der Waals surface area contributed by atoms with Gasteiger partial charge >= 0.3 is 5.97 Å². The van der Waals surface area contributed by atoms with E-state index < -0.39 is 140 Å². The van der Waals surface area contributed by atoms with Gasteiger partial charge in [-0.1, -0.05) is 44.1 Å². The van der Waals surface area contributed by atoms with E-state index in [9.17, 15) is 34.8 Å². The quantitative estimate of drug-likeness (QED) is 0.152. The second kappa shape index (κ2) is 10.4. The van der Waals surface area contributed by atoms with E-state index in [1.165, 1.54) is 13.8 Å². The van der Waals surface area contributed by atoms with E-state index in [0.717, 1.165) is 11.1 Å². The van der Waals surface area contributed by atoms with Crippen LogP contribution < -0.4 is 5.32 Å². The Balaban J connectivity index is 1.33. The molecular formula is C42H47NO13. The Kier molecular flexibility index (Phi) is 6.80. The molecule has 14 heteroatoms. The molecule has 5 N–H and O–H groups in total. The summed E-state index contributed by atoms with van der Waals surface area (Å²) in [6.45, 7) is 11.7. The number of allylic oxidation sites excluding steroid dienone is 4. The first-order valence-electron chi connectivity index (χ1n) is 19.8. The van der Waals surface area contributed by atoms with Crippen LogP contribution in [0.5, 0.6) is 0 Å². The van der Waals surface area contributed by atoms with Crippen molar-refractivity contribution in [1.82, 2.24) is 5.32 Å². The predicted molar refractivity (Wildman–Crippen MR) is 189 cm³/mol. The van der Waals surface area contributed by atoms with Gasteiger partial charge in [0.1, 0.15) is 22.9 Å². The monoisotopic (exact) mass is 773 g/mol. The van der Waals surface area contributed by atoms with Crippen molar-refractivity contribution in [2.75, 3.05) is 6.61 Å². The predicted octanol–water partition coefficient (Wildman–Crippen LogP) is 1.26. The molecule has 6 fully saturated rings. The van der Waals surface area contributed by atoms with Crippen molar-refractivity contribution in [1.29, 1.82) is 0 Å². The fourth-order valence-electron chi connectivity index (χ4n) is 14.8. The van der Waals surface area contributed by atoms with Crippen molar-refractivity contribution in [3.05, 3.63) is 45.8 Å². The lowest BCUT2D eigenvalue weighted by atomic mass is 9.36. The van der Waals surface area contributed by atoms with E-state index in [1.54, 1.807) is 0 Å². The molecule has 0 aromatic carbocycles. The standard InChI is InChI=1S/C42H47NO13/c1-14(2)10-21-25-17(5)16(4)12-20-11-15(3)8-9-22(44)28-23-24(30(47)38(20,25)36(51)43-21)32-39-19(7)27(45)31(48)42(53,56-28)41(39,33(23)55-32)40(52)29(46)18(6)26-34(49)54-13-37(26,39)35(40)50/h11-12,14,17,20-25,28,32-33,44-45,52-53H,8-10,13H2,1-7H3,(H,43,51)/b15-11+/t17-,20+,21+,22-,23-,24-,25+,28-,32+,33-,37+,38+,39-,40+,41+,42-/m1/s1. The number of aliphatic hydroxyl groups is 4. The number of cyclic esters (lactones) is 1. The molecule has 3 spiro atoms. The lowest BCUT2D eigenvalue weighted by Gasteiger charge is -2.67. The smallest absolute Gasteiger partial charge is 0.335 e. The molecule has 16 atom stereocenters. The fourth-order valence-corrected chi connectivity index (χ4v) is 14.8. The lowest BCUT2D eigenvalue weighted by Crippen LogP contribution is -2.84. The maximum Gasteiger partial charge on any atom is 0.335 e. The summed E-state index contributed by atoms with van der Waals surface area (Å²) in [5.41, 5.74) is -11.8. The number of carbonyl (C=O) groups is 6. The first-order chi connectivity index (χ1) is 26.2. The molecule has 1 amide bonds. The van der Waals surface area contributed by atoms with Gasteiger partial charge in [0.15, 0.2) is 23.1 Å². The number of hydrogen-bond acceptors (Lipinski definition) is 13. The van der Waals surface area contributed by atoms with Gasteiger partial charge in [0.05, 0.1) is 41.3 Å². The number of ether oxygens (including phenoxy) is 3. The summed E-state index contributed by atoms with van der Waals surface area (Å²) in [4.78, 5) is 90.0. The molecule has 0 radical (unpaired) electrons. The summed E-state index contributed by atoms with van der Waals surface area (Å²) in [5, 5.41) is 53.3. The van der Waals surface area contributed by atoms with Crippen LogP contribution in [-0.2, 0) is 43.0 Å². The zero-order valence-electron chi connectivity index (χ0n) is 32.3. The fraction of sp³-hybridized carbons (Fsp3) is 0.667. The molecule has 14 nitrogen and oxygen atoms in total. The number of rotatable bonds is 2. The van der Waals surface area contributed by atoms with Crippen LogP contribution in [0.15, 0.2) is 45.8 Å². The summed E-state index contributed by atoms with van der Waals surface area (Å²) < 4.78 is 18.9. The molecule has 10 aliphatic rings. The summed E-state index contributed by atoms with van der Waals surface area (Å²) >= 11 is 0. The molecular weight excluding hydrogens is 726 g/mol. The van der Waals surface area contributed by atoms with Gasteiger partial charge < -0.3 is 40.0 Å². The van der Waals surface area contributed by atoms with Crippen molar-refractivity contribution >= 4 is 35.0 Å². The molecule has 5 saturated heterocycles. The van der Waals surface area contributed by atoms with Crippen LogP contribution >= 0.6 is 0 Å². The number of hydrogen-bond donors (Lipinski definition) is 5. The maximum absolute atomic E-state index is 16.5. The zero-order valence-corrected chi connectivity index (χ0v) is 32.3. The Bertz CT molecular complexity index is 2180. The number of ketones is 4. The van der Waals surface area contributed by atoms with Crippen LogP contribution in [0.4, 0.5) is 0 Å². The molecule has 0 unspecified atom stereocenters. The van der Waals surface area contributed by atoms with Gasteiger partial charge in [-0.05, 0) is 64.4 Å². The maximum atomic E-state index is 16.5. The number of esters is 1. The summed E-state index contributed by atoms with van der Waals surface area (Å²) in [6.07, 6.45) is -1.74. The van der Waals surface area contributed by atoms with E-state index in [0.29, 0.717) is 6.42 Å². The molecule has 0 aromatic heterocycles. The summed E-state index contributed by atoms with van der Waals surface area (Å²) in [6, 6.07) is -0.419. The van der Waals surface area contributed by atoms with Gasteiger partial charge in [0.2, 0.25) is 17.3 Å². The SMILES string of the molecule is CC1=C[C@@H]2/C=C(\C)CC[C@@H](O)[C@H]3O[C@]4(O)C(=O)C(O)=C(C)[C@]56[C@H]7O[C@H]([C@@H]3[C@@H]7C(=O)[C@]23C(=O)N[C@@H](CC(C)C)[C@@H]3[C@@H]1C)[C@@]54[C@]1(O)C(=O)C(C)=C2C(=O)OC[C@@]26C1=O. The van der Waals surface area contributed by atoms with E-state index >= 15 is 14.4 Å². The largest absolute Gasteiger partial charge is 0.504 e. The number of amides is 1. The third-order valence-corrected chi connectivity index (χ3v) is 16.6. The summed E-state index contributed by atoms with van der Waals surface area (Å²) in [7, 11) is 0. The molecule has 0 aromatic rings. The van der Waals surface area contributed by atoms with Crippen LogP contribution in [0.25, 0.3) is 0 Å². The Morgan fingerprint density at radius 1 is 0.982 bits per heavy atom. The molecule has 5 aliphatic heterocycles. The first kappa shape index (κ1) is 36.5. The van der Waals surface area contributed by atoms with E-state index in [4.69, 9.17) is 14.2 Å². The van der Waals surface area contributed by atoms with Crippen molar-refractivity contribution in [2.24, 2.45) is 57.2 Å². The number of nitrogens with one attached hydrogen (secondary N) is 1. The van der Waals surface area contributed by atoms with Crippen molar-refractivity contribution < 1.29 is 63.4 Å². The average Bonchev–Trinajstić information content (AvgIpc) is 3.89. The topological polar surface area (TPSA) is 223 Å². The van der Waals surface area contributed by atoms with Gasteiger partial charge in [0, 0.05) is 29.4 Å². The number of aliphatic hydroxyl groups excluding tert-OH is 2. The van der Waals surface area contributed by atoms with E-state index in [-0.39, 0.29) is 35.8 Å². The third kappa shape index (κ3) is 3.15. The molecule has 298 valence electrons. The van der Waals surface area contributed by atoms with E-state index in [1.807, 2.05) is 46.8 Å². The Morgan fingerprint density at radius 2 is 1.68 bits per heavy atom. The molecule has 4 bridgehead atoms. The molecule has 56 heavy (non-hydrogen) atoms. The number of fused-ring (bicyclic) bond motifs is 3. The third-order valence-electron chi connectivity index (χ3n) is 16.6. The van der Waals surface area contributed by atoms with Gasteiger partial charge in [-0.15, -0.1) is 0 Å². The molecule has 10 rings (SSSR count). The second-order valence-electron chi connectivity index (χ2n) is 18.9. The van der Waals surface area contributed by atoms with E-state index in [2.05, 4.69) is 5.32 Å². The highest BCUT2D eigenvalue weighted by atomic mass is 16.7. The van der Waals surface area contributed by atoms with Gasteiger partial charge in [0.25, 0.3) is 5.78 Å². The first-order valence-corrected chi connectivity index (χ1v) is 19.8. The average molecular weight is 774 g/mol. The molecule has 5 aliphatic carbocycles. The van der Waals surface area contributed by atoms with Gasteiger partial charge in [-0.2, -0.15) is 0 Å². The van der Waals surface area contributed by atoms with Crippen molar-refractivity contribution in [3.8, 4) is 0 Å². The van der Waals surface area contributed by atoms with Crippen LogP contribution in [0.3, 0.4) is 0 Å². The van der Waals surface area contributed by atoms with Crippen LogP contribution in [-0.4, -0.2) is 104 Å². The molecule has 5 heterocycles. The highest BCUT2D eigenvalue weighted by molar-refractivity contribution is 6.32. The minimum Gasteiger partial charge on any atom is -0.504 e. The highest BCUT2D eigenvalue weighted by Crippen LogP contribution is 2.89. The zero-order chi connectivity index (χ0) is 40.4.